The van der Waals surface area contributed by atoms with Gasteiger partial charge in [0.25, 0.3) is 11.9 Å². The first-order valence-electron chi connectivity index (χ1n) is 8.49. The van der Waals surface area contributed by atoms with Gasteiger partial charge in [0.2, 0.25) is 0 Å². The summed E-state index contributed by atoms with van der Waals surface area (Å²) in [6.45, 7) is 2.87. The highest BCUT2D eigenvalue weighted by molar-refractivity contribution is 5.63. The number of aliphatic hydroxyl groups excluding tert-OH is 2. The van der Waals surface area contributed by atoms with Gasteiger partial charge < -0.3 is 20.4 Å². The van der Waals surface area contributed by atoms with E-state index >= 15 is 0 Å². The maximum absolute atomic E-state index is 9.00. The zero-order valence-electron chi connectivity index (χ0n) is 14.8. The molecule has 0 rings (SSSR count). The quantitative estimate of drug-likeness (QED) is 0.406. The molecular weight excluding hydrogens is 300 g/mol. The molecule has 0 aromatic rings. The number of aliphatic carboxylic acids is 2. The van der Waals surface area contributed by atoms with Gasteiger partial charge in [-0.1, -0.05) is 57.8 Å². The maximum atomic E-state index is 9.00. The highest BCUT2D eigenvalue weighted by atomic mass is 16.4. The molecule has 0 unspecified atom stereocenters. The zero-order chi connectivity index (χ0) is 18.3. The van der Waals surface area contributed by atoms with Crippen LogP contribution in [0.15, 0.2) is 0 Å². The number of carboxylic acids is 2. The van der Waals surface area contributed by atoms with Crippen LogP contribution in [-0.4, -0.2) is 45.6 Å². The normalized spacial score (nSPS) is 9.22. The summed E-state index contributed by atoms with van der Waals surface area (Å²) in [5.41, 5.74) is 0. The second kappa shape index (κ2) is 25.8. The number of carbonyl (C=O) groups is 2. The van der Waals surface area contributed by atoms with Crippen LogP contribution in [0.3, 0.4) is 0 Å². The predicted octanol–water partition coefficient (Wildman–Crippen LogP) is 3.44. The highest BCUT2D eigenvalue weighted by Crippen LogP contribution is 2.10. The third-order valence-electron chi connectivity index (χ3n) is 2.82. The van der Waals surface area contributed by atoms with Gasteiger partial charge in [-0.05, 0) is 12.8 Å². The first kappa shape index (κ1) is 26.7. The van der Waals surface area contributed by atoms with Crippen molar-refractivity contribution in [2.24, 2.45) is 0 Å². The summed E-state index contributed by atoms with van der Waals surface area (Å²) in [7, 11) is 0. The topological polar surface area (TPSA) is 115 Å². The molecule has 23 heavy (non-hydrogen) atoms. The van der Waals surface area contributed by atoms with Crippen LogP contribution in [0.2, 0.25) is 0 Å². The maximum Gasteiger partial charge on any atom is 0.300 e. The lowest BCUT2D eigenvalue weighted by molar-refractivity contribution is -0.135. The summed E-state index contributed by atoms with van der Waals surface area (Å²) in [6.07, 6.45) is 13.6. The van der Waals surface area contributed by atoms with E-state index in [-0.39, 0.29) is 0 Å². The molecule has 0 amide bonds. The van der Waals surface area contributed by atoms with Crippen molar-refractivity contribution in [3.63, 3.8) is 0 Å². The minimum atomic E-state index is -0.833. The van der Waals surface area contributed by atoms with Gasteiger partial charge >= 0.3 is 0 Å². The fourth-order valence-corrected chi connectivity index (χ4v) is 1.81. The fourth-order valence-electron chi connectivity index (χ4n) is 1.81. The summed E-state index contributed by atoms with van der Waals surface area (Å²) >= 11 is 0. The standard InChI is InChI=1S/C13H28O2.2C2H4O2/c14-12-10-8-6-4-2-1-3-5-7-9-11-13-15;2*1-2(3)4/h14-15H,1-13H2;2*1H3,(H,3,4). The van der Waals surface area contributed by atoms with Crippen LogP contribution < -0.4 is 0 Å². The van der Waals surface area contributed by atoms with Gasteiger partial charge in [0.1, 0.15) is 0 Å². The molecule has 140 valence electrons. The predicted molar refractivity (Wildman–Crippen MR) is 91.6 cm³/mol. The van der Waals surface area contributed by atoms with E-state index in [0.29, 0.717) is 13.2 Å². The van der Waals surface area contributed by atoms with E-state index in [1.54, 1.807) is 0 Å². The molecule has 0 bridgehead atoms. The van der Waals surface area contributed by atoms with E-state index in [4.69, 9.17) is 30.0 Å². The SMILES string of the molecule is CC(=O)O.CC(=O)O.OCCCCCCCCCCCCCO. The Morgan fingerprint density at radius 1 is 0.522 bits per heavy atom. The van der Waals surface area contributed by atoms with Crippen molar-refractivity contribution in [3.8, 4) is 0 Å². The van der Waals surface area contributed by atoms with Crippen molar-refractivity contribution >= 4 is 11.9 Å². The fraction of sp³-hybridized carbons (Fsp3) is 0.882. The molecule has 6 heteroatoms. The van der Waals surface area contributed by atoms with E-state index in [0.717, 1.165) is 26.7 Å². The molecule has 0 fully saturated rings. The first-order valence-corrected chi connectivity index (χ1v) is 8.49. The lowest BCUT2D eigenvalue weighted by Crippen LogP contribution is -1.85. The third-order valence-corrected chi connectivity index (χ3v) is 2.82. The van der Waals surface area contributed by atoms with E-state index in [9.17, 15) is 0 Å². The van der Waals surface area contributed by atoms with Gasteiger partial charge in [-0.3, -0.25) is 9.59 Å². The summed E-state index contributed by atoms with van der Waals surface area (Å²) < 4.78 is 0. The van der Waals surface area contributed by atoms with E-state index in [2.05, 4.69) is 0 Å². The Morgan fingerprint density at radius 3 is 0.783 bits per heavy atom. The average molecular weight is 336 g/mol. The first-order chi connectivity index (χ1) is 10.9. The van der Waals surface area contributed by atoms with Crippen molar-refractivity contribution in [1.82, 2.24) is 0 Å². The van der Waals surface area contributed by atoms with Gasteiger partial charge in [-0.2, -0.15) is 0 Å². The Morgan fingerprint density at radius 2 is 0.652 bits per heavy atom. The Bertz CT molecular complexity index is 211. The third kappa shape index (κ3) is 62.9. The monoisotopic (exact) mass is 336 g/mol. The van der Waals surface area contributed by atoms with Gasteiger partial charge in [0, 0.05) is 27.1 Å². The average Bonchev–Trinajstić information content (AvgIpc) is 2.43. The van der Waals surface area contributed by atoms with Crippen molar-refractivity contribution in [3.05, 3.63) is 0 Å². The summed E-state index contributed by atoms with van der Waals surface area (Å²) in [5.74, 6) is -1.67. The van der Waals surface area contributed by atoms with Crippen molar-refractivity contribution in [2.45, 2.75) is 84.5 Å². The largest absolute Gasteiger partial charge is 0.481 e. The van der Waals surface area contributed by atoms with Gasteiger partial charge in [-0.15, -0.1) is 0 Å². The molecule has 0 atom stereocenters. The molecule has 0 aromatic heterocycles. The Balaban J connectivity index is -0.000000413. The zero-order valence-corrected chi connectivity index (χ0v) is 14.8. The van der Waals surface area contributed by atoms with E-state index in [1.807, 2.05) is 0 Å². The molecule has 6 nitrogen and oxygen atoms in total. The van der Waals surface area contributed by atoms with Gasteiger partial charge in [0.15, 0.2) is 0 Å². The molecular formula is C17H36O6. The Kier molecular flexibility index (Phi) is 30.0. The molecule has 0 aliphatic rings. The second-order valence-corrected chi connectivity index (χ2v) is 5.37. The molecule has 0 radical (unpaired) electrons. The molecule has 0 aromatic carbocycles. The molecule has 0 heterocycles. The number of carboxylic acid groups (broad SMARTS) is 2. The van der Waals surface area contributed by atoms with Crippen LogP contribution in [0.5, 0.6) is 0 Å². The molecule has 0 spiro atoms. The van der Waals surface area contributed by atoms with E-state index in [1.165, 1.54) is 57.8 Å². The summed E-state index contributed by atoms with van der Waals surface area (Å²) in [4.78, 5) is 18.0. The smallest absolute Gasteiger partial charge is 0.300 e. The van der Waals surface area contributed by atoms with Crippen molar-refractivity contribution < 1.29 is 30.0 Å². The van der Waals surface area contributed by atoms with Crippen LogP contribution in [0.1, 0.15) is 84.5 Å². The lowest BCUT2D eigenvalue weighted by atomic mass is 10.1. The minimum absolute atomic E-state index is 0.352. The number of hydrogen-bond acceptors (Lipinski definition) is 4. The number of hydrogen-bond donors (Lipinski definition) is 4. The Hall–Kier alpha value is -1.14. The minimum Gasteiger partial charge on any atom is -0.481 e. The lowest BCUT2D eigenvalue weighted by Gasteiger charge is -2.01. The highest BCUT2D eigenvalue weighted by Gasteiger charge is 1.92. The van der Waals surface area contributed by atoms with Crippen molar-refractivity contribution in [2.75, 3.05) is 13.2 Å². The van der Waals surface area contributed by atoms with Crippen LogP contribution >= 0.6 is 0 Å². The molecule has 4 N–H and O–H groups in total. The number of unbranched alkanes of at least 4 members (excludes halogenated alkanes) is 10. The summed E-state index contributed by atoms with van der Waals surface area (Å²) in [5, 5.41) is 32.0. The van der Waals surface area contributed by atoms with Crippen LogP contribution in [-0.2, 0) is 9.59 Å². The Labute approximate surface area is 140 Å². The molecule has 0 saturated carbocycles. The molecule has 0 aliphatic carbocycles. The van der Waals surface area contributed by atoms with Crippen LogP contribution in [0, 0.1) is 0 Å². The molecule has 0 saturated heterocycles. The van der Waals surface area contributed by atoms with Gasteiger partial charge in [0.05, 0.1) is 0 Å². The van der Waals surface area contributed by atoms with Crippen molar-refractivity contribution in [1.29, 1.82) is 0 Å². The second-order valence-electron chi connectivity index (χ2n) is 5.37. The molecule has 0 aliphatic heterocycles. The van der Waals surface area contributed by atoms with E-state index < -0.39 is 11.9 Å². The number of aliphatic hydroxyl groups is 2. The summed E-state index contributed by atoms with van der Waals surface area (Å²) in [6, 6.07) is 0. The number of rotatable bonds is 12. The van der Waals surface area contributed by atoms with Crippen LogP contribution in [0.4, 0.5) is 0 Å². The van der Waals surface area contributed by atoms with Crippen LogP contribution in [0.25, 0.3) is 0 Å². The van der Waals surface area contributed by atoms with Gasteiger partial charge in [-0.25, -0.2) is 0 Å².